The van der Waals surface area contributed by atoms with E-state index in [1.54, 1.807) is 30.3 Å². The molecule has 1 aromatic heterocycles. The van der Waals surface area contributed by atoms with Gasteiger partial charge >= 0.3 is 0 Å². The molecule has 7 nitrogen and oxygen atoms in total. The lowest BCUT2D eigenvalue weighted by molar-refractivity contribution is -0.120. The van der Waals surface area contributed by atoms with Crippen LogP contribution in [-0.2, 0) is 11.2 Å². The summed E-state index contributed by atoms with van der Waals surface area (Å²) in [4.78, 5) is 27.9. The van der Waals surface area contributed by atoms with E-state index >= 15 is 0 Å². The molecule has 126 valence electrons. The van der Waals surface area contributed by atoms with Gasteiger partial charge in [0.2, 0.25) is 11.8 Å². The number of rotatable bonds is 7. The SMILES string of the molecule is COc1cccc(CC(=O)NCCNC(=O)c2ccccc2O)n1. The Balaban J connectivity index is 1.73. The van der Waals surface area contributed by atoms with Crippen molar-refractivity contribution in [2.75, 3.05) is 20.2 Å². The molecule has 0 atom stereocenters. The third-order valence-electron chi connectivity index (χ3n) is 3.21. The van der Waals surface area contributed by atoms with E-state index in [-0.39, 0.29) is 36.7 Å². The Kier molecular flexibility index (Phi) is 6.13. The van der Waals surface area contributed by atoms with Gasteiger partial charge in [-0.15, -0.1) is 0 Å². The zero-order valence-corrected chi connectivity index (χ0v) is 13.3. The predicted octanol–water partition coefficient (Wildman–Crippen LogP) is 0.884. The lowest BCUT2D eigenvalue weighted by Crippen LogP contribution is -2.35. The van der Waals surface area contributed by atoms with E-state index in [2.05, 4.69) is 15.6 Å². The summed E-state index contributed by atoms with van der Waals surface area (Å²) in [5.41, 5.74) is 0.800. The van der Waals surface area contributed by atoms with Crippen molar-refractivity contribution < 1.29 is 19.4 Å². The molecule has 24 heavy (non-hydrogen) atoms. The van der Waals surface area contributed by atoms with Crippen LogP contribution < -0.4 is 15.4 Å². The maximum absolute atomic E-state index is 11.9. The number of pyridine rings is 1. The topological polar surface area (TPSA) is 101 Å². The standard InChI is InChI=1S/C17H19N3O4/c1-24-16-8-4-5-12(20-16)11-15(22)18-9-10-19-17(23)13-6-2-3-7-14(13)21/h2-8,21H,9-11H2,1H3,(H,18,22)(H,19,23). The average Bonchev–Trinajstić information content (AvgIpc) is 2.59. The van der Waals surface area contributed by atoms with Crippen LogP contribution in [0.25, 0.3) is 0 Å². The number of aromatic nitrogens is 1. The molecule has 3 N–H and O–H groups in total. The maximum Gasteiger partial charge on any atom is 0.255 e. The Morgan fingerprint density at radius 3 is 2.58 bits per heavy atom. The Hall–Kier alpha value is -3.09. The number of nitrogens with zero attached hydrogens (tertiary/aromatic N) is 1. The van der Waals surface area contributed by atoms with Crippen LogP contribution in [0.4, 0.5) is 0 Å². The van der Waals surface area contributed by atoms with Gasteiger partial charge < -0.3 is 20.5 Å². The molecule has 1 heterocycles. The first-order chi connectivity index (χ1) is 11.6. The second-order valence-electron chi connectivity index (χ2n) is 4.97. The van der Waals surface area contributed by atoms with E-state index < -0.39 is 5.91 Å². The molecule has 2 amide bonds. The lowest BCUT2D eigenvalue weighted by Gasteiger charge is -2.08. The monoisotopic (exact) mass is 329 g/mol. The van der Waals surface area contributed by atoms with E-state index in [0.717, 1.165) is 0 Å². The predicted molar refractivity (Wildman–Crippen MR) is 87.9 cm³/mol. The molecule has 0 aliphatic carbocycles. The number of hydrogen-bond acceptors (Lipinski definition) is 5. The van der Waals surface area contributed by atoms with Gasteiger partial charge in [0, 0.05) is 19.2 Å². The highest BCUT2D eigenvalue weighted by Crippen LogP contribution is 2.14. The number of carbonyl (C=O) groups is 2. The van der Waals surface area contributed by atoms with Gasteiger partial charge in [0.15, 0.2) is 0 Å². The van der Waals surface area contributed by atoms with Crippen molar-refractivity contribution >= 4 is 11.8 Å². The molecule has 0 aliphatic heterocycles. The fourth-order valence-corrected chi connectivity index (χ4v) is 2.04. The van der Waals surface area contributed by atoms with Crippen LogP contribution in [0.5, 0.6) is 11.6 Å². The number of phenolic OH excluding ortho intramolecular Hbond substituents is 1. The fraction of sp³-hybridized carbons (Fsp3) is 0.235. The number of carbonyl (C=O) groups excluding carboxylic acids is 2. The molecule has 0 saturated carbocycles. The maximum atomic E-state index is 11.9. The molecule has 0 bridgehead atoms. The Bertz CT molecular complexity index is 718. The molecule has 0 spiro atoms. The summed E-state index contributed by atoms with van der Waals surface area (Å²) in [6.45, 7) is 0.534. The van der Waals surface area contributed by atoms with Gasteiger partial charge in [-0.3, -0.25) is 9.59 Å². The van der Waals surface area contributed by atoms with Gasteiger partial charge in [-0.05, 0) is 18.2 Å². The molecule has 0 fully saturated rings. The summed E-state index contributed by atoms with van der Waals surface area (Å²) in [5.74, 6) is -0.220. The van der Waals surface area contributed by atoms with Gasteiger partial charge in [-0.1, -0.05) is 18.2 Å². The Labute approximate surface area is 139 Å². The summed E-state index contributed by atoms with van der Waals surface area (Å²) in [6.07, 6.45) is 0.130. The number of phenols is 1. The Morgan fingerprint density at radius 2 is 1.83 bits per heavy atom. The van der Waals surface area contributed by atoms with Crippen molar-refractivity contribution in [2.45, 2.75) is 6.42 Å². The van der Waals surface area contributed by atoms with Crippen LogP contribution in [-0.4, -0.2) is 42.1 Å². The van der Waals surface area contributed by atoms with Crippen LogP contribution in [0.1, 0.15) is 16.1 Å². The van der Waals surface area contributed by atoms with E-state index in [1.807, 2.05) is 0 Å². The summed E-state index contributed by atoms with van der Waals surface area (Å²) < 4.78 is 5.00. The average molecular weight is 329 g/mol. The first-order valence-corrected chi connectivity index (χ1v) is 7.43. The van der Waals surface area contributed by atoms with Crippen molar-refractivity contribution in [2.24, 2.45) is 0 Å². The van der Waals surface area contributed by atoms with Crippen molar-refractivity contribution in [1.82, 2.24) is 15.6 Å². The zero-order valence-electron chi connectivity index (χ0n) is 13.3. The molecular weight excluding hydrogens is 310 g/mol. The van der Waals surface area contributed by atoms with Gasteiger partial charge in [0.1, 0.15) is 5.75 Å². The van der Waals surface area contributed by atoms with E-state index in [9.17, 15) is 14.7 Å². The third-order valence-corrected chi connectivity index (χ3v) is 3.21. The first kappa shape index (κ1) is 17.3. The summed E-state index contributed by atoms with van der Waals surface area (Å²) in [5, 5.41) is 14.9. The summed E-state index contributed by atoms with van der Waals surface area (Å²) in [6, 6.07) is 11.5. The quantitative estimate of drug-likeness (QED) is 0.655. The van der Waals surface area contributed by atoms with Crippen LogP contribution >= 0.6 is 0 Å². The van der Waals surface area contributed by atoms with Crippen molar-refractivity contribution in [1.29, 1.82) is 0 Å². The van der Waals surface area contributed by atoms with Crippen LogP contribution in [0.2, 0.25) is 0 Å². The molecule has 1 aromatic carbocycles. The minimum Gasteiger partial charge on any atom is -0.507 e. The lowest BCUT2D eigenvalue weighted by atomic mass is 10.2. The fourth-order valence-electron chi connectivity index (χ4n) is 2.04. The molecule has 2 aromatic rings. The van der Waals surface area contributed by atoms with Crippen molar-refractivity contribution in [3.63, 3.8) is 0 Å². The number of ether oxygens (including phenoxy) is 1. The van der Waals surface area contributed by atoms with E-state index in [1.165, 1.54) is 19.2 Å². The van der Waals surface area contributed by atoms with Gasteiger partial charge in [-0.25, -0.2) is 4.98 Å². The number of hydrogen-bond donors (Lipinski definition) is 3. The first-order valence-electron chi connectivity index (χ1n) is 7.43. The van der Waals surface area contributed by atoms with E-state index in [4.69, 9.17) is 4.74 Å². The van der Waals surface area contributed by atoms with Gasteiger partial charge in [0.05, 0.1) is 24.8 Å². The second kappa shape index (κ2) is 8.52. The molecular formula is C17H19N3O4. The van der Waals surface area contributed by atoms with Gasteiger partial charge in [-0.2, -0.15) is 0 Å². The minimum atomic E-state index is -0.392. The number of amides is 2. The van der Waals surface area contributed by atoms with Crippen LogP contribution in [0.15, 0.2) is 42.5 Å². The highest BCUT2D eigenvalue weighted by Gasteiger charge is 2.10. The summed E-state index contributed by atoms with van der Waals surface area (Å²) >= 11 is 0. The Morgan fingerprint density at radius 1 is 1.08 bits per heavy atom. The van der Waals surface area contributed by atoms with Crippen molar-refractivity contribution in [3.05, 3.63) is 53.7 Å². The number of aromatic hydroxyl groups is 1. The number of nitrogens with one attached hydrogen (secondary N) is 2. The number of benzene rings is 1. The molecule has 0 aliphatic rings. The highest BCUT2D eigenvalue weighted by molar-refractivity contribution is 5.96. The normalized spacial score (nSPS) is 10.0. The van der Waals surface area contributed by atoms with E-state index in [0.29, 0.717) is 11.6 Å². The van der Waals surface area contributed by atoms with Crippen molar-refractivity contribution in [3.8, 4) is 11.6 Å². The molecule has 0 radical (unpaired) electrons. The molecule has 0 unspecified atom stereocenters. The minimum absolute atomic E-state index is 0.0804. The second-order valence-corrected chi connectivity index (χ2v) is 4.97. The largest absolute Gasteiger partial charge is 0.507 e. The third kappa shape index (κ3) is 4.98. The zero-order chi connectivity index (χ0) is 17.4. The molecule has 7 heteroatoms. The molecule has 0 saturated heterocycles. The van der Waals surface area contributed by atoms with Crippen LogP contribution in [0, 0.1) is 0 Å². The number of methoxy groups -OCH3 is 1. The highest BCUT2D eigenvalue weighted by atomic mass is 16.5. The number of para-hydroxylation sites is 1. The summed E-state index contributed by atoms with van der Waals surface area (Å²) in [7, 11) is 1.51. The van der Waals surface area contributed by atoms with Gasteiger partial charge in [0.25, 0.3) is 5.91 Å². The smallest absolute Gasteiger partial charge is 0.255 e. The molecule has 2 rings (SSSR count). The van der Waals surface area contributed by atoms with Crippen LogP contribution in [0.3, 0.4) is 0 Å².